The van der Waals surface area contributed by atoms with E-state index in [1.54, 1.807) is 16.9 Å². The van der Waals surface area contributed by atoms with E-state index in [-0.39, 0.29) is 5.82 Å². The molecule has 1 fully saturated rings. The predicted octanol–water partition coefficient (Wildman–Crippen LogP) is 6.75. The largest absolute Gasteiger partial charge is 0.486 e. The summed E-state index contributed by atoms with van der Waals surface area (Å²) in [6, 6.07) is 13.1. The number of aryl methyl sites for hydroxylation is 3. The first-order chi connectivity index (χ1) is 17.8. The molecular weight excluding hydrogens is 533 g/mol. The summed E-state index contributed by atoms with van der Waals surface area (Å²) in [4.78, 5) is 1.58. The molecule has 1 aliphatic carbocycles. The second-order valence-electron chi connectivity index (χ2n) is 10.1. The molecule has 8 heteroatoms. The van der Waals surface area contributed by atoms with Crippen molar-refractivity contribution >= 4 is 15.9 Å². The van der Waals surface area contributed by atoms with E-state index >= 15 is 0 Å². The zero-order valence-electron chi connectivity index (χ0n) is 21.8. The number of benzene rings is 2. The summed E-state index contributed by atoms with van der Waals surface area (Å²) in [5, 5.41) is 14.1. The van der Waals surface area contributed by atoms with Crippen LogP contribution in [0.2, 0.25) is 0 Å². The van der Waals surface area contributed by atoms with Gasteiger partial charge in [-0.25, -0.2) is 4.39 Å². The SMILES string of the molecule is CCCc1ccc(Br)cc1O[C@H](C)c1cc(F)ccc1-c1nn(C)nc1Cc1cc(CC2CC2)nn1C. The van der Waals surface area contributed by atoms with Crippen LogP contribution in [0.1, 0.15) is 67.4 Å². The molecule has 0 saturated heterocycles. The van der Waals surface area contributed by atoms with E-state index in [2.05, 4.69) is 40.1 Å². The lowest BCUT2D eigenvalue weighted by Crippen LogP contribution is -2.08. The fourth-order valence-corrected chi connectivity index (χ4v) is 5.19. The van der Waals surface area contributed by atoms with Crippen LogP contribution in [-0.2, 0) is 33.4 Å². The quantitative estimate of drug-likeness (QED) is 0.213. The van der Waals surface area contributed by atoms with Crippen LogP contribution in [-0.4, -0.2) is 24.8 Å². The average Bonchev–Trinajstić information content (AvgIpc) is 3.50. The van der Waals surface area contributed by atoms with Crippen molar-refractivity contribution in [3.63, 3.8) is 0 Å². The summed E-state index contributed by atoms with van der Waals surface area (Å²) in [6.45, 7) is 4.10. The molecule has 6 nitrogen and oxygen atoms in total. The Balaban J connectivity index is 1.47. The summed E-state index contributed by atoms with van der Waals surface area (Å²) in [7, 11) is 3.79. The zero-order chi connectivity index (χ0) is 26.1. The van der Waals surface area contributed by atoms with Crippen LogP contribution in [0, 0.1) is 11.7 Å². The van der Waals surface area contributed by atoms with E-state index in [1.165, 1.54) is 18.9 Å². The Morgan fingerprint density at radius 3 is 2.65 bits per heavy atom. The van der Waals surface area contributed by atoms with Gasteiger partial charge in [-0.3, -0.25) is 4.68 Å². The highest BCUT2D eigenvalue weighted by Crippen LogP contribution is 2.36. The first kappa shape index (κ1) is 25.6. The Kier molecular flexibility index (Phi) is 7.47. The summed E-state index contributed by atoms with van der Waals surface area (Å²) < 4.78 is 23.9. The molecule has 2 heterocycles. The van der Waals surface area contributed by atoms with Gasteiger partial charge < -0.3 is 4.74 Å². The molecule has 0 unspecified atom stereocenters. The second kappa shape index (κ2) is 10.8. The number of hydrogen-bond acceptors (Lipinski definition) is 4. The summed E-state index contributed by atoms with van der Waals surface area (Å²) in [5.74, 6) is 1.27. The lowest BCUT2D eigenvalue weighted by atomic mass is 9.97. The normalized spacial score (nSPS) is 14.2. The Morgan fingerprint density at radius 2 is 1.89 bits per heavy atom. The Hall–Kier alpha value is -3.00. The minimum absolute atomic E-state index is 0.306. The maximum Gasteiger partial charge on any atom is 0.124 e. The highest BCUT2D eigenvalue weighted by Gasteiger charge is 2.25. The smallest absolute Gasteiger partial charge is 0.124 e. The predicted molar refractivity (Wildman–Crippen MR) is 146 cm³/mol. The average molecular weight is 567 g/mol. The van der Waals surface area contributed by atoms with Crippen molar-refractivity contribution in [1.29, 1.82) is 0 Å². The monoisotopic (exact) mass is 565 g/mol. The van der Waals surface area contributed by atoms with Crippen molar-refractivity contribution in [2.75, 3.05) is 0 Å². The Bertz CT molecular complexity index is 1410. The van der Waals surface area contributed by atoms with Crippen molar-refractivity contribution in [3.8, 4) is 17.0 Å². The summed E-state index contributed by atoms with van der Waals surface area (Å²) in [6.07, 6.45) is 5.75. The molecule has 0 spiro atoms. The van der Waals surface area contributed by atoms with Crippen LogP contribution in [0.15, 0.2) is 46.9 Å². The third-order valence-corrected chi connectivity index (χ3v) is 7.41. The summed E-state index contributed by atoms with van der Waals surface area (Å²) in [5.41, 5.74) is 6.48. The first-order valence-electron chi connectivity index (χ1n) is 13.0. The standard InChI is InChI=1S/C29H33BrFN5O/c1-5-6-20-9-10-21(30)14-28(20)37-18(2)26-15-22(31)11-12-25(26)29-27(33-36(4)34-29)17-24-16-23(32-35(24)3)13-19-7-8-19/h9-12,14-16,18-19H,5-8,13,17H2,1-4H3/t18-/m1/s1. The van der Waals surface area contributed by atoms with Gasteiger partial charge in [-0.15, -0.1) is 0 Å². The molecule has 5 rings (SSSR count). The molecule has 2 aromatic carbocycles. The number of rotatable bonds is 10. The minimum Gasteiger partial charge on any atom is -0.486 e. The van der Waals surface area contributed by atoms with E-state index in [0.717, 1.165) is 74.9 Å². The van der Waals surface area contributed by atoms with Gasteiger partial charge in [-0.05, 0) is 80.5 Å². The van der Waals surface area contributed by atoms with Crippen molar-refractivity contribution in [2.45, 2.75) is 58.5 Å². The van der Waals surface area contributed by atoms with Crippen molar-refractivity contribution in [3.05, 3.63) is 81.0 Å². The van der Waals surface area contributed by atoms with E-state index in [9.17, 15) is 4.39 Å². The highest BCUT2D eigenvalue weighted by molar-refractivity contribution is 9.10. The highest BCUT2D eigenvalue weighted by atomic mass is 79.9. The molecule has 1 saturated carbocycles. The van der Waals surface area contributed by atoms with Gasteiger partial charge in [0, 0.05) is 41.8 Å². The molecule has 0 aliphatic heterocycles. The molecular formula is C29H33BrFN5O. The number of halogens is 2. The van der Waals surface area contributed by atoms with Gasteiger partial charge in [-0.2, -0.15) is 20.1 Å². The molecule has 2 aromatic heterocycles. The van der Waals surface area contributed by atoms with Crippen molar-refractivity contribution in [2.24, 2.45) is 20.0 Å². The van der Waals surface area contributed by atoms with Crippen LogP contribution in [0.5, 0.6) is 5.75 Å². The number of nitrogens with zero attached hydrogens (tertiary/aromatic N) is 5. The second-order valence-corrected chi connectivity index (χ2v) is 11.0. The maximum absolute atomic E-state index is 14.5. The number of aromatic nitrogens is 5. The van der Waals surface area contributed by atoms with Gasteiger partial charge in [0.1, 0.15) is 23.4 Å². The van der Waals surface area contributed by atoms with Crippen LogP contribution < -0.4 is 4.74 Å². The number of ether oxygens (including phenoxy) is 1. The molecule has 0 N–H and O–H groups in total. The number of hydrogen-bond donors (Lipinski definition) is 0. The Labute approximate surface area is 226 Å². The fraction of sp³-hybridized carbons (Fsp3) is 0.414. The molecule has 0 radical (unpaired) electrons. The molecule has 0 bridgehead atoms. The van der Waals surface area contributed by atoms with Crippen molar-refractivity contribution < 1.29 is 9.13 Å². The third-order valence-electron chi connectivity index (χ3n) is 6.91. The van der Waals surface area contributed by atoms with Gasteiger partial charge in [0.2, 0.25) is 0 Å². The van der Waals surface area contributed by atoms with Crippen LogP contribution in [0.4, 0.5) is 4.39 Å². The topological polar surface area (TPSA) is 57.8 Å². The van der Waals surface area contributed by atoms with Crippen LogP contribution >= 0.6 is 15.9 Å². The van der Waals surface area contributed by atoms with Gasteiger partial charge in [0.25, 0.3) is 0 Å². The van der Waals surface area contributed by atoms with Crippen molar-refractivity contribution in [1.82, 2.24) is 24.8 Å². The zero-order valence-corrected chi connectivity index (χ0v) is 23.4. The summed E-state index contributed by atoms with van der Waals surface area (Å²) >= 11 is 3.56. The molecule has 1 aliphatic rings. The maximum atomic E-state index is 14.5. The molecule has 0 amide bonds. The van der Waals surface area contributed by atoms with E-state index in [0.29, 0.717) is 6.42 Å². The molecule has 4 aromatic rings. The molecule has 1 atom stereocenters. The Morgan fingerprint density at radius 1 is 1.08 bits per heavy atom. The van der Waals surface area contributed by atoms with Crippen LogP contribution in [0.25, 0.3) is 11.3 Å². The van der Waals surface area contributed by atoms with Crippen LogP contribution in [0.3, 0.4) is 0 Å². The van der Waals surface area contributed by atoms with Gasteiger partial charge in [-0.1, -0.05) is 35.3 Å². The van der Waals surface area contributed by atoms with E-state index in [1.807, 2.05) is 37.8 Å². The van der Waals surface area contributed by atoms with Gasteiger partial charge >= 0.3 is 0 Å². The minimum atomic E-state index is -0.396. The van der Waals surface area contributed by atoms with Gasteiger partial charge in [0.15, 0.2) is 0 Å². The lowest BCUT2D eigenvalue weighted by Gasteiger charge is -2.20. The van der Waals surface area contributed by atoms with E-state index in [4.69, 9.17) is 14.9 Å². The fourth-order valence-electron chi connectivity index (χ4n) is 4.85. The van der Waals surface area contributed by atoms with Gasteiger partial charge in [0.05, 0.1) is 11.4 Å². The first-order valence-corrected chi connectivity index (χ1v) is 13.8. The molecule has 37 heavy (non-hydrogen) atoms. The molecule has 194 valence electrons. The lowest BCUT2D eigenvalue weighted by molar-refractivity contribution is 0.224. The third kappa shape index (κ3) is 5.95. The van der Waals surface area contributed by atoms with E-state index < -0.39 is 6.10 Å².